The molecule has 0 unspecified atom stereocenters. The number of hydrogen-bond acceptors (Lipinski definition) is 4. The number of anilines is 2. The third-order valence-electron chi connectivity index (χ3n) is 4.79. The first kappa shape index (κ1) is 16.7. The Kier molecular flexibility index (Phi) is 5.68. The van der Waals surface area contributed by atoms with Crippen molar-refractivity contribution in [2.24, 2.45) is 0 Å². The minimum absolute atomic E-state index is 0.543. The van der Waals surface area contributed by atoms with Gasteiger partial charge in [-0.05, 0) is 26.7 Å². The molecule has 24 heavy (non-hydrogen) atoms. The third kappa shape index (κ3) is 4.05. The smallest absolute Gasteiger partial charge is 0.163 e. The molecule has 0 bridgehead atoms. The van der Waals surface area contributed by atoms with Gasteiger partial charge in [0.1, 0.15) is 11.6 Å². The maximum Gasteiger partial charge on any atom is 0.163 e. The summed E-state index contributed by atoms with van der Waals surface area (Å²) in [4.78, 5) is 11.9. The fourth-order valence-corrected chi connectivity index (χ4v) is 3.39. The largest absolute Gasteiger partial charge is 0.367 e. The predicted octanol–water partition coefficient (Wildman–Crippen LogP) is 4.73. The third-order valence-corrected chi connectivity index (χ3v) is 4.79. The highest BCUT2D eigenvalue weighted by atomic mass is 15.2. The van der Waals surface area contributed by atoms with Gasteiger partial charge in [-0.1, -0.05) is 49.6 Å². The Hall–Kier alpha value is -2.10. The maximum atomic E-state index is 4.81. The first-order valence-corrected chi connectivity index (χ1v) is 9.26. The van der Waals surface area contributed by atoms with Crippen LogP contribution < -0.4 is 10.2 Å². The van der Waals surface area contributed by atoms with Crippen LogP contribution in [0.15, 0.2) is 36.4 Å². The summed E-state index contributed by atoms with van der Waals surface area (Å²) in [5, 5.41) is 3.66. The molecule has 1 fully saturated rings. The van der Waals surface area contributed by atoms with E-state index in [9.17, 15) is 0 Å². The van der Waals surface area contributed by atoms with Crippen LogP contribution >= 0.6 is 0 Å². The minimum atomic E-state index is 0.543. The summed E-state index contributed by atoms with van der Waals surface area (Å²) in [7, 11) is 0. The molecule has 1 aliphatic rings. The van der Waals surface area contributed by atoms with Crippen molar-refractivity contribution in [3.05, 3.63) is 36.4 Å². The lowest BCUT2D eigenvalue weighted by atomic mass is 9.95. The van der Waals surface area contributed by atoms with E-state index in [0.29, 0.717) is 6.04 Å². The second-order valence-corrected chi connectivity index (χ2v) is 6.45. The molecule has 0 aliphatic heterocycles. The van der Waals surface area contributed by atoms with Crippen LogP contribution in [0.3, 0.4) is 0 Å². The zero-order chi connectivity index (χ0) is 16.8. The molecule has 1 aliphatic carbocycles. The van der Waals surface area contributed by atoms with E-state index in [-0.39, 0.29) is 0 Å². The van der Waals surface area contributed by atoms with Crippen molar-refractivity contribution in [1.29, 1.82) is 0 Å². The number of nitrogens with zero attached hydrogens (tertiary/aromatic N) is 3. The molecule has 0 radical (unpaired) electrons. The van der Waals surface area contributed by atoms with Gasteiger partial charge in [-0.3, -0.25) is 0 Å². The van der Waals surface area contributed by atoms with Gasteiger partial charge >= 0.3 is 0 Å². The lowest BCUT2D eigenvalue weighted by molar-refractivity contribution is 0.462. The second kappa shape index (κ2) is 8.13. The molecule has 0 saturated heterocycles. The summed E-state index contributed by atoms with van der Waals surface area (Å²) in [6.45, 7) is 6.24. The van der Waals surface area contributed by atoms with Gasteiger partial charge in [0.25, 0.3) is 0 Å². The fraction of sp³-hybridized carbons (Fsp3) is 0.500. The maximum absolute atomic E-state index is 4.81. The average molecular weight is 324 g/mol. The van der Waals surface area contributed by atoms with E-state index in [1.807, 2.05) is 18.2 Å². The summed E-state index contributed by atoms with van der Waals surface area (Å²) in [5.74, 6) is 2.77. The molecule has 128 valence electrons. The fourth-order valence-electron chi connectivity index (χ4n) is 3.39. The van der Waals surface area contributed by atoms with E-state index < -0.39 is 0 Å². The lowest BCUT2D eigenvalue weighted by Gasteiger charge is -2.25. The van der Waals surface area contributed by atoms with Crippen molar-refractivity contribution in [1.82, 2.24) is 9.97 Å². The SMILES string of the molecule is CCN(CC)c1cc(NC2CCCCC2)nc(-c2ccccc2)n1. The van der Waals surface area contributed by atoms with E-state index >= 15 is 0 Å². The van der Waals surface area contributed by atoms with Crippen LogP contribution in [0, 0.1) is 0 Å². The first-order chi connectivity index (χ1) is 11.8. The Morgan fingerprint density at radius 2 is 1.71 bits per heavy atom. The molecule has 3 rings (SSSR count). The van der Waals surface area contributed by atoms with Crippen molar-refractivity contribution >= 4 is 11.6 Å². The first-order valence-electron chi connectivity index (χ1n) is 9.26. The number of benzene rings is 1. The molecule has 2 aromatic rings. The number of nitrogens with one attached hydrogen (secondary N) is 1. The van der Waals surface area contributed by atoms with Crippen LogP contribution in [0.2, 0.25) is 0 Å². The van der Waals surface area contributed by atoms with Gasteiger partial charge in [-0.25, -0.2) is 9.97 Å². The van der Waals surface area contributed by atoms with Crippen molar-refractivity contribution in [2.45, 2.75) is 52.0 Å². The number of aromatic nitrogens is 2. The molecule has 1 N–H and O–H groups in total. The number of hydrogen-bond donors (Lipinski definition) is 1. The highest BCUT2D eigenvalue weighted by Gasteiger charge is 2.16. The quantitative estimate of drug-likeness (QED) is 0.833. The van der Waals surface area contributed by atoms with Gasteiger partial charge in [0, 0.05) is 30.8 Å². The van der Waals surface area contributed by atoms with Crippen LogP contribution in [-0.4, -0.2) is 29.1 Å². The molecule has 1 aromatic carbocycles. The molecule has 4 heteroatoms. The van der Waals surface area contributed by atoms with Gasteiger partial charge < -0.3 is 10.2 Å². The van der Waals surface area contributed by atoms with E-state index in [2.05, 4.69) is 42.3 Å². The molecule has 1 heterocycles. The van der Waals surface area contributed by atoms with Crippen LogP contribution in [0.5, 0.6) is 0 Å². The molecule has 0 amide bonds. The molecule has 0 atom stereocenters. The highest BCUT2D eigenvalue weighted by molar-refractivity contribution is 5.61. The van der Waals surface area contributed by atoms with Gasteiger partial charge in [0.2, 0.25) is 0 Å². The molecular formula is C20H28N4. The molecule has 0 spiro atoms. The molecule has 1 saturated carbocycles. The summed E-state index contributed by atoms with van der Waals surface area (Å²) in [6, 6.07) is 12.9. The second-order valence-electron chi connectivity index (χ2n) is 6.45. The van der Waals surface area contributed by atoms with Crippen LogP contribution in [0.1, 0.15) is 46.0 Å². The van der Waals surface area contributed by atoms with E-state index in [0.717, 1.165) is 36.1 Å². The van der Waals surface area contributed by atoms with Crippen LogP contribution in [0.25, 0.3) is 11.4 Å². The Bertz CT molecular complexity index is 631. The van der Waals surface area contributed by atoms with Gasteiger partial charge in [0.05, 0.1) is 0 Å². The van der Waals surface area contributed by atoms with E-state index in [1.54, 1.807) is 0 Å². The van der Waals surface area contributed by atoms with Crippen molar-refractivity contribution in [2.75, 3.05) is 23.3 Å². The Morgan fingerprint density at radius 1 is 1.00 bits per heavy atom. The van der Waals surface area contributed by atoms with Gasteiger partial charge in [-0.2, -0.15) is 0 Å². The molecule has 1 aromatic heterocycles. The Labute approximate surface area is 145 Å². The zero-order valence-electron chi connectivity index (χ0n) is 14.8. The van der Waals surface area contributed by atoms with Crippen LogP contribution in [0.4, 0.5) is 11.6 Å². The molecule has 4 nitrogen and oxygen atoms in total. The molecular weight excluding hydrogens is 296 g/mol. The Morgan fingerprint density at radius 3 is 2.38 bits per heavy atom. The summed E-state index contributed by atoms with van der Waals surface area (Å²) >= 11 is 0. The van der Waals surface area contributed by atoms with Crippen molar-refractivity contribution in [3.63, 3.8) is 0 Å². The van der Waals surface area contributed by atoms with Crippen molar-refractivity contribution < 1.29 is 0 Å². The van der Waals surface area contributed by atoms with E-state index in [1.165, 1.54) is 32.1 Å². The average Bonchev–Trinajstić information content (AvgIpc) is 2.64. The topological polar surface area (TPSA) is 41.0 Å². The summed E-state index contributed by atoms with van der Waals surface area (Å²) < 4.78 is 0. The lowest BCUT2D eigenvalue weighted by Crippen LogP contribution is -2.25. The van der Waals surface area contributed by atoms with Crippen LogP contribution in [-0.2, 0) is 0 Å². The van der Waals surface area contributed by atoms with Gasteiger partial charge in [0.15, 0.2) is 5.82 Å². The summed E-state index contributed by atoms with van der Waals surface area (Å²) in [6.07, 6.45) is 6.48. The van der Waals surface area contributed by atoms with Gasteiger partial charge in [-0.15, -0.1) is 0 Å². The predicted molar refractivity (Wildman–Crippen MR) is 102 cm³/mol. The van der Waals surface area contributed by atoms with Crippen molar-refractivity contribution in [3.8, 4) is 11.4 Å². The van der Waals surface area contributed by atoms with E-state index in [4.69, 9.17) is 9.97 Å². The Balaban J connectivity index is 1.92. The highest BCUT2D eigenvalue weighted by Crippen LogP contribution is 2.25. The minimum Gasteiger partial charge on any atom is -0.367 e. The summed E-state index contributed by atoms with van der Waals surface area (Å²) in [5.41, 5.74) is 1.07. The normalized spacial score (nSPS) is 15.2. The monoisotopic (exact) mass is 324 g/mol. The number of rotatable bonds is 6. The zero-order valence-corrected chi connectivity index (χ0v) is 14.8. The standard InChI is InChI=1S/C20H28N4/c1-3-24(4-2)19-15-18(21-17-13-9-6-10-14-17)22-20(23-19)16-11-7-5-8-12-16/h5,7-8,11-12,15,17H,3-4,6,9-10,13-14H2,1-2H3,(H,21,22,23).